The van der Waals surface area contributed by atoms with Crippen LogP contribution < -0.4 is 5.32 Å². The van der Waals surface area contributed by atoms with E-state index in [-0.39, 0.29) is 12.1 Å². The number of hydrogen-bond acceptors (Lipinski definition) is 4. The number of likely N-dealkylation sites (N-methyl/N-ethyl adjacent to an activating group) is 1. The smallest absolute Gasteiger partial charge is 0.326 e. The maximum atomic E-state index is 11.6. The Balaban J connectivity index is 2.69. The Morgan fingerprint density at radius 1 is 1.57 bits per heavy atom. The molecular weight excluding hydrogens is 182 g/mol. The van der Waals surface area contributed by atoms with E-state index in [1.807, 2.05) is 6.92 Å². The summed E-state index contributed by atoms with van der Waals surface area (Å²) in [7, 11) is 3.12. The first-order chi connectivity index (χ1) is 6.68. The van der Waals surface area contributed by atoms with E-state index in [0.29, 0.717) is 6.42 Å². The van der Waals surface area contributed by atoms with Crippen molar-refractivity contribution in [2.24, 2.45) is 0 Å². The summed E-state index contributed by atoms with van der Waals surface area (Å²) in [4.78, 5) is 11.6. The lowest BCUT2D eigenvalue weighted by Gasteiger charge is -2.26. The molecule has 0 aromatic carbocycles. The van der Waals surface area contributed by atoms with Gasteiger partial charge in [0.05, 0.1) is 13.2 Å². The minimum atomic E-state index is -0.510. The first kappa shape index (κ1) is 11.5. The van der Waals surface area contributed by atoms with Gasteiger partial charge >= 0.3 is 5.97 Å². The van der Waals surface area contributed by atoms with Crippen LogP contribution in [0.5, 0.6) is 0 Å². The van der Waals surface area contributed by atoms with Crippen LogP contribution in [0.3, 0.4) is 0 Å². The first-order valence-corrected chi connectivity index (χ1v) is 5.04. The molecule has 1 rings (SSSR count). The molecule has 0 amide bonds. The Bertz CT molecular complexity index is 208. The van der Waals surface area contributed by atoms with Crippen molar-refractivity contribution in [3.05, 3.63) is 0 Å². The van der Waals surface area contributed by atoms with Crippen molar-refractivity contribution in [2.45, 2.75) is 37.8 Å². The Hall–Kier alpha value is -0.610. The molecule has 0 aliphatic heterocycles. The van der Waals surface area contributed by atoms with Gasteiger partial charge in [0.1, 0.15) is 5.54 Å². The second kappa shape index (κ2) is 4.75. The number of carbonyl (C=O) groups is 1. The van der Waals surface area contributed by atoms with Crippen LogP contribution in [0.15, 0.2) is 0 Å². The molecule has 2 unspecified atom stereocenters. The highest BCUT2D eigenvalue weighted by atomic mass is 16.5. The molecule has 4 heteroatoms. The van der Waals surface area contributed by atoms with Crippen LogP contribution >= 0.6 is 0 Å². The Labute approximate surface area is 85.0 Å². The van der Waals surface area contributed by atoms with Crippen molar-refractivity contribution in [1.29, 1.82) is 0 Å². The average molecular weight is 201 g/mol. The highest BCUT2D eigenvalue weighted by Gasteiger charge is 2.45. The van der Waals surface area contributed by atoms with E-state index in [9.17, 15) is 4.79 Å². The molecule has 14 heavy (non-hydrogen) atoms. The highest BCUT2D eigenvalue weighted by molar-refractivity contribution is 5.81. The van der Waals surface area contributed by atoms with Gasteiger partial charge in [0, 0.05) is 13.5 Å². The van der Waals surface area contributed by atoms with Gasteiger partial charge in [0.15, 0.2) is 0 Å². The summed E-state index contributed by atoms with van der Waals surface area (Å²) in [5, 5.41) is 3.22. The third-order valence-corrected chi connectivity index (χ3v) is 2.89. The number of methoxy groups -OCH3 is 2. The normalized spacial score (nSPS) is 31.8. The van der Waals surface area contributed by atoms with Crippen molar-refractivity contribution in [2.75, 3.05) is 20.8 Å². The number of carbonyl (C=O) groups excluding carboxylic acids is 1. The Morgan fingerprint density at radius 3 is 2.71 bits per heavy atom. The van der Waals surface area contributed by atoms with Gasteiger partial charge in [-0.2, -0.15) is 0 Å². The second-order valence-corrected chi connectivity index (χ2v) is 3.70. The van der Waals surface area contributed by atoms with Crippen molar-refractivity contribution in [3.63, 3.8) is 0 Å². The van der Waals surface area contributed by atoms with E-state index in [1.165, 1.54) is 7.11 Å². The minimum Gasteiger partial charge on any atom is -0.468 e. The summed E-state index contributed by atoms with van der Waals surface area (Å²) in [5.41, 5.74) is -0.510. The fourth-order valence-electron chi connectivity index (χ4n) is 2.15. The van der Waals surface area contributed by atoms with Gasteiger partial charge in [-0.1, -0.05) is 6.92 Å². The topological polar surface area (TPSA) is 47.6 Å². The SMILES string of the molecule is CCNC1(C(=O)OC)CCC(OC)C1. The lowest BCUT2D eigenvalue weighted by Crippen LogP contribution is -2.51. The van der Waals surface area contributed by atoms with Gasteiger partial charge in [0.25, 0.3) is 0 Å². The Morgan fingerprint density at radius 2 is 2.29 bits per heavy atom. The van der Waals surface area contributed by atoms with E-state index in [0.717, 1.165) is 19.4 Å². The van der Waals surface area contributed by atoms with Crippen molar-refractivity contribution < 1.29 is 14.3 Å². The predicted octanol–water partition coefficient (Wildman–Crippen LogP) is 0.707. The van der Waals surface area contributed by atoms with Gasteiger partial charge in [0.2, 0.25) is 0 Å². The number of hydrogen-bond donors (Lipinski definition) is 1. The molecule has 1 aliphatic rings. The zero-order chi connectivity index (χ0) is 10.6. The molecule has 1 saturated carbocycles. The molecule has 0 aromatic rings. The molecule has 2 atom stereocenters. The van der Waals surface area contributed by atoms with Gasteiger partial charge in [-0.3, -0.25) is 4.79 Å². The summed E-state index contributed by atoms with van der Waals surface area (Å²) in [6, 6.07) is 0. The molecule has 0 heterocycles. The summed E-state index contributed by atoms with van der Waals surface area (Å²) >= 11 is 0. The largest absolute Gasteiger partial charge is 0.468 e. The van der Waals surface area contributed by atoms with Gasteiger partial charge in [-0.15, -0.1) is 0 Å². The molecular formula is C10H19NO3. The van der Waals surface area contributed by atoms with Crippen LogP contribution in [-0.4, -0.2) is 38.4 Å². The van der Waals surface area contributed by atoms with Crippen molar-refractivity contribution in [3.8, 4) is 0 Å². The van der Waals surface area contributed by atoms with E-state index in [1.54, 1.807) is 7.11 Å². The van der Waals surface area contributed by atoms with Gasteiger partial charge in [-0.25, -0.2) is 0 Å². The van der Waals surface area contributed by atoms with E-state index < -0.39 is 5.54 Å². The van der Waals surface area contributed by atoms with E-state index in [2.05, 4.69) is 5.32 Å². The van der Waals surface area contributed by atoms with E-state index >= 15 is 0 Å². The monoisotopic (exact) mass is 201 g/mol. The standard InChI is InChI=1S/C10H19NO3/c1-4-11-10(9(12)14-3)6-5-8(7-10)13-2/h8,11H,4-7H2,1-3H3. The molecule has 82 valence electrons. The third kappa shape index (κ3) is 2.07. The van der Waals surface area contributed by atoms with Gasteiger partial charge < -0.3 is 14.8 Å². The van der Waals surface area contributed by atoms with Crippen molar-refractivity contribution >= 4 is 5.97 Å². The highest BCUT2D eigenvalue weighted by Crippen LogP contribution is 2.32. The van der Waals surface area contributed by atoms with Crippen LogP contribution in [0.4, 0.5) is 0 Å². The maximum absolute atomic E-state index is 11.6. The van der Waals surface area contributed by atoms with E-state index in [4.69, 9.17) is 9.47 Å². The van der Waals surface area contributed by atoms with Crippen molar-refractivity contribution in [1.82, 2.24) is 5.32 Å². The third-order valence-electron chi connectivity index (χ3n) is 2.89. The summed E-state index contributed by atoms with van der Waals surface area (Å²) < 4.78 is 10.1. The zero-order valence-electron chi connectivity index (χ0n) is 9.13. The molecule has 1 fully saturated rings. The van der Waals surface area contributed by atoms with Gasteiger partial charge in [-0.05, 0) is 19.4 Å². The predicted molar refractivity (Wildman–Crippen MR) is 53.1 cm³/mol. The molecule has 0 saturated heterocycles. The zero-order valence-corrected chi connectivity index (χ0v) is 9.13. The summed E-state index contributed by atoms with van der Waals surface area (Å²) in [6.07, 6.45) is 2.60. The van der Waals surface area contributed by atoms with Crippen LogP contribution in [0.1, 0.15) is 26.2 Å². The number of nitrogens with one attached hydrogen (secondary N) is 1. The van der Waals surface area contributed by atoms with Crippen LogP contribution in [0.25, 0.3) is 0 Å². The average Bonchev–Trinajstić information content (AvgIpc) is 2.62. The maximum Gasteiger partial charge on any atom is 0.326 e. The fourth-order valence-corrected chi connectivity index (χ4v) is 2.15. The molecule has 4 nitrogen and oxygen atoms in total. The molecule has 1 aliphatic carbocycles. The molecule has 0 radical (unpaired) electrons. The lowest BCUT2D eigenvalue weighted by atomic mass is 9.97. The molecule has 0 spiro atoms. The minimum absolute atomic E-state index is 0.168. The summed E-state index contributed by atoms with van der Waals surface area (Å²) in [5.74, 6) is -0.168. The first-order valence-electron chi connectivity index (χ1n) is 5.04. The number of rotatable bonds is 4. The second-order valence-electron chi connectivity index (χ2n) is 3.70. The quantitative estimate of drug-likeness (QED) is 0.680. The number of esters is 1. The summed E-state index contributed by atoms with van der Waals surface area (Å²) in [6.45, 7) is 2.76. The molecule has 1 N–H and O–H groups in total. The Kier molecular flexibility index (Phi) is 3.89. The van der Waals surface area contributed by atoms with Crippen LogP contribution in [-0.2, 0) is 14.3 Å². The number of ether oxygens (including phenoxy) is 2. The molecule has 0 aromatic heterocycles. The van der Waals surface area contributed by atoms with Crippen LogP contribution in [0.2, 0.25) is 0 Å². The lowest BCUT2D eigenvalue weighted by molar-refractivity contribution is -0.148. The molecule has 0 bridgehead atoms. The fraction of sp³-hybridized carbons (Fsp3) is 0.900. The van der Waals surface area contributed by atoms with Crippen LogP contribution in [0, 0.1) is 0 Å².